The van der Waals surface area contributed by atoms with Crippen molar-refractivity contribution < 1.29 is 27.5 Å². The van der Waals surface area contributed by atoms with Gasteiger partial charge in [-0.3, -0.25) is 9.59 Å². The minimum absolute atomic E-state index is 0.0411. The molecule has 0 radical (unpaired) electrons. The molecule has 1 unspecified atom stereocenters. The summed E-state index contributed by atoms with van der Waals surface area (Å²) in [5, 5.41) is 2.73. The van der Waals surface area contributed by atoms with Gasteiger partial charge in [0.15, 0.2) is 6.10 Å². The fourth-order valence-electron chi connectivity index (χ4n) is 3.50. The highest BCUT2D eigenvalue weighted by molar-refractivity contribution is 7.89. The molecule has 1 fully saturated rings. The van der Waals surface area contributed by atoms with Gasteiger partial charge in [0, 0.05) is 18.8 Å². The van der Waals surface area contributed by atoms with Gasteiger partial charge in [0.2, 0.25) is 10.0 Å². The molecule has 0 spiro atoms. The van der Waals surface area contributed by atoms with E-state index in [-0.39, 0.29) is 18.8 Å². The van der Waals surface area contributed by atoms with Gasteiger partial charge in [-0.25, -0.2) is 12.7 Å². The molecule has 8 nitrogen and oxygen atoms in total. The van der Waals surface area contributed by atoms with E-state index in [0.717, 1.165) is 5.56 Å². The Balaban J connectivity index is 1.44. The number of anilines is 1. The van der Waals surface area contributed by atoms with Crippen molar-refractivity contribution >= 4 is 27.6 Å². The van der Waals surface area contributed by atoms with Crippen LogP contribution in [0.2, 0.25) is 0 Å². The van der Waals surface area contributed by atoms with Gasteiger partial charge in [0.25, 0.3) is 5.91 Å². The Hall–Kier alpha value is -2.91. The van der Waals surface area contributed by atoms with Gasteiger partial charge in [-0.15, -0.1) is 0 Å². The normalized spacial score (nSPS) is 16.1. The molecule has 1 atom stereocenters. The van der Waals surface area contributed by atoms with E-state index in [1.54, 1.807) is 31.2 Å². The van der Waals surface area contributed by atoms with Crippen LogP contribution >= 0.6 is 0 Å². The second-order valence-electron chi connectivity index (χ2n) is 7.94. The van der Waals surface area contributed by atoms with Crippen molar-refractivity contribution in [1.82, 2.24) is 4.31 Å². The molecule has 2 aromatic carbocycles. The molecular formula is C24H30N2O6S. The van der Waals surface area contributed by atoms with Crippen LogP contribution in [-0.4, -0.2) is 49.5 Å². The number of sulfonamides is 1. The topological polar surface area (TPSA) is 102 Å². The maximum atomic E-state index is 12.4. The fourth-order valence-corrected chi connectivity index (χ4v) is 4.63. The molecule has 1 N–H and O–H groups in total. The number of ether oxygens (including phenoxy) is 2. The van der Waals surface area contributed by atoms with Crippen molar-refractivity contribution in [3.05, 3.63) is 60.2 Å². The number of piperidine rings is 1. The number of amides is 1. The maximum Gasteiger partial charge on any atom is 0.309 e. The summed E-state index contributed by atoms with van der Waals surface area (Å²) in [7, 11) is -3.25. The average Bonchev–Trinajstić information content (AvgIpc) is 2.84. The SMILES string of the molecule is CCS(=O)(=O)N1CCC(C(=O)OC(C)C(=O)Nc2ccc(OCc3ccccc3)cc2)CC1. The van der Waals surface area contributed by atoms with Crippen molar-refractivity contribution in [1.29, 1.82) is 0 Å². The van der Waals surface area contributed by atoms with Gasteiger partial charge in [-0.2, -0.15) is 0 Å². The van der Waals surface area contributed by atoms with Gasteiger partial charge < -0.3 is 14.8 Å². The molecule has 1 saturated heterocycles. The Morgan fingerprint density at radius 1 is 1.06 bits per heavy atom. The molecular weight excluding hydrogens is 444 g/mol. The number of nitrogens with zero attached hydrogens (tertiary/aromatic N) is 1. The molecule has 1 aliphatic heterocycles. The lowest BCUT2D eigenvalue weighted by atomic mass is 9.98. The Morgan fingerprint density at radius 3 is 2.30 bits per heavy atom. The minimum atomic E-state index is -3.25. The maximum absolute atomic E-state index is 12.4. The van der Waals surface area contributed by atoms with Crippen LogP contribution in [0.4, 0.5) is 5.69 Å². The van der Waals surface area contributed by atoms with Crippen molar-refractivity contribution in [2.24, 2.45) is 5.92 Å². The van der Waals surface area contributed by atoms with Gasteiger partial charge in [0.05, 0.1) is 11.7 Å². The number of carbonyl (C=O) groups is 2. The van der Waals surface area contributed by atoms with Gasteiger partial charge in [-0.05, 0) is 56.5 Å². The van der Waals surface area contributed by atoms with Gasteiger partial charge >= 0.3 is 5.97 Å². The van der Waals surface area contributed by atoms with Gasteiger partial charge in [-0.1, -0.05) is 30.3 Å². The predicted octanol–water partition coefficient (Wildman–Crippen LogP) is 3.20. The van der Waals surface area contributed by atoms with E-state index in [2.05, 4.69) is 5.32 Å². The smallest absolute Gasteiger partial charge is 0.309 e. The average molecular weight is 475 g/mol. The summed E-state index contributed by atoms with van der Waals surface area (Å²) in [6, 6.07) is 16.8. The molecule has 0 bridgehead atoms. The summed E-state index contributed by atoms with van der Waals surface area (Å²) in [6.07, 6.45) is -0.197. The lowest BCUT2D eigenvalue weighted by Gasteiger charge is -2.30. The Labute approximate surface area is 194 Å². The first-order chi connectivity index (χ1) is 15.8. The summed E-state index contributed by atoms with van der Waals surface area (Å²) in [5.41, 5.74) is 1.62. The fraction of sp³-hybridized carbons (Fsp3) is 0.417. The second-order valence-corrected chi connectivity index (χ2v) is 10.2. The monoisotopic (exact) mass is 474 g/mol. The van der Waals surface area contributed by atoms with Gasteiger partial charge in [0.1, 0.15) is 12.4 Å². The van der Waals surface area contributed by atoms with Crippen LogP contribution in [0, 0.1) is 5.92 Å². The number of hydrogen-bond donors (Lipinski definition) is 1. The Kier molecular flexibility index (Phi) is 8.46. The third-order valence-electron chi connectivity index (χ3n) is 5.58. The van der Waals surface area contributed by atoms with E-state index < -0.39 is 33.9 Å². The van der Waals surface area contributed by atoms with Crippen LogP contribution in [-0.2, 0) is 31.0 Å². The molecule has 9 heteroatoms. The summed E-state index contributed by atoms with van der Waals surface area (Å²) < 4.78 is 36.4. The molecule has 33 heavy (non-hydrogen) atoms. The lowest BCUT2D eigenvalue weighted by Crippen LogP contribution is -2.42. The van der Waals surface area contributed by atoms with Crippen LogP contribution in [0.15, 0.2) is 54.6 Å². The second kappa shape index (κ2) is 11.3. The summed E-state index contributed by atoms with van der Waals surface area (Å²) >= 11 is 0. The summed E-state index contributed by atoms with van der Waals surface area (Å²) in [4.78, 5) is 24.9. The Bertz CT molecular complexity index is 1030. The number of carbonyl (C=O) groups excluding carboxylic acids is 2. The van der Waals surface area contributed by atoms with E-state index in [9.17, 15) is 18.0 Å². The molecule has 1 aliphatic rings. The van der Waals surface area contributed by atoms with Crippen LogP contribution in [0.1, 0.15) is 32.3 Å². The third-order valence-corrected chi connectivity index (χ3v) is 7.46. The van der Waals surface area contributed by atoms with Crippen molar-refractivity contribution in [2.45, 2.75) is 39.4 Å². The zero-order chi connectivity index (χ0) is 23.8. The zero-order valence-electron chi connectivity index (χ0n) is 18.9. The first kappa shape index (κ1) is 24.7. The van der Waals surface area contributed by atoms with E-state index in [4.69, 9.17) is 9.47 Å². The van der Waals surface area contributed by atoms with E-state index in [1.165, 1.54) is 11.2 Å². The van der Waals surface area contributed by atoms with Crippen LogP contribution in [0.5, 0.6) is 5.75 Å². The predicted molar refractivity (Wildman–Crippen MR) is 125 cm³/mol. The molecule has 1 heterocycles. The van der Waals surface area contributed by atoms with E-state index in [0.29, 0.717) is 30.9 Å². The number of benzene rings is 2. The first-order valence-corrected chi connectivity index (χ1v) is 12.7. The van der Waals surface area contributed by atoms with Crippen molar-refractivity contribution in [2.75, 3.05) is 24.2 Å². The molecule has 0 saturated carbocycles. The molecule has 3 rings (SSSR count). The molecule has 1 amide bonds. The third kappa shape index (κ3) is 7.03. The van der Waals surface area contributed by atoms with Crippen molar-refractivity contribution in [3.8, 4) is 5.75 Å². The number of rotatable bonds is 9. The highest BCUT2D eigenvalue weighted by Gasteiger charge is 2.32. The Morgan fingerprint density at radius 2 is 1.70 bits per heavy atom. The first-order valence-electron chi connectivity index (χ1n) is 11.0. The highest BCUT2D eigenvalue weighted by Crippen LogP contribution is 2.22. The zero-order valence-corrected chi connectivity index (χ0v) is 19.7. The lowest BCUT2D eigenvalue weighted by molar-refractivity contribution is -0.158. The number of esters is 1. The quantitative estimate of drug-likeness (QED) is 0.560. The number of nitrogens with one attached hydrogen (secondary N) is 1. The number of hydrogen-bond acceptors (Lipinski definition) is 6. The molecule has 0 aromatic heterocycles. The van der Waals surface area contributed by atoms with E-state index >= 15 is 0 Å². The molecule has 2 aromatic rings. The van der Waals surface area contributed by atoms with Crippen LogP contribution in [0.3, 0.4) is 0 Å². The molecule has 0 aliphatic carbocycles. The molecule has 178 valence electrons. The minimum Gasteiger partial charge on any atom is -0.489 e. The standard InChI is InChI=1S/C24H30N2O6S/c1-3-33(29,30)26-15-13-20(14-16-26)24(28)32-18(2)23(27)25-21-9-11-22(12-10-21)31-17-19-7-5-4-6-8-19/h4-12,18,20H,3,13-17H2,1-2H3,(H,25,27). The summed E-state index contributed by atoms with van der Waals surface area (Å²) in [5.74, 6) is -0.611. The largest absolute Gasteiger partial charge is 0.489 e. The van der Waals surface area contributed by atoms with Crippen LogP contribution in [0.25, 0.3) is 0 Å². The summed E-state index contributed by atoms with van der Waals surface area (Å²) in [6.45, 7) is 4.13. The van der Waals surface area contributed by atoms with Crippen LogP contribution < -0.4 is 10.1 Å². The highest BCUT2D eigenvalue weighted by atomic mass is 32.2. The van der Waals surface area contributed by atoms with E-state index in [1.807, 2.05) is 30.3 Å². The van der Waals surface area contributed by atoms with Crippen molar-refractivity contribution in [3.63, 3.8) is 0 Å².